The van der Waals surface area contributed by atoms with E-state index < -0.39 is 0 Å². The van der Waals surface area contributed by atoms with Gasteiger partial charge in [0.15, 0.2) is 0 Å². The molecule has 4 heterocycles. The lowest BCUT2D eigenvalue weighted by Crippen LogP contribution is -2.08. The van der Waals surface area contributed by atoms with Crippen LogP contribution in [0.5, 0.6) is 0 Å². The van der Waals surface area contributed by atoms with Crippen LogP contribution in [0.25, 0.3) is 0 Å². The Kier molecular flexibility index (Phi) is 4.35. The van der Waals surface area contributed by atoms with E-state index in [0.717, 1.165) is 14.6 Å². The molecule has 0 amide bonds. The molecule has 102 valence electrons. The average molecular weight is 383 g/mol. The topological polar surface area (TPSA) is 25.8 Å². The largest absolute Gasteiger partial charge is 0.165 e. The van der Waals surface area contributed by atoms with Gasteiger partial charge in [-0.15, -0.1) is 47.0 Å². The van der Waals surface area contributed by atoms with E-state index in [4.69, 9.17) is 0 Å². The normalized spacial score (nSPS) is 24.5. The van der Waals surface area contributed by atoms with Crippen molar-refractivity contribution in [3.8, 4) is 0 Å². The summed E-state index contributed by atoms with van der Waals surface area (Å²) in [7, 11) is 0. The SMILES string of the molecule is CCCC1SC2=C(S1)SC(C1Sc3nsnc3S1)S2. The van der Waals surface area contributed by atoms with Gasteiger partial charge in [0.25, 0.3) is 0 Å². The molecule has 0 bridgehead atoms. The molecule has 1 aromatic heterocycles. The molecule has 1 aromatic rings. The third-order valence-corrected chi connectivity index (χ3v) is 13.4. The van der Waals surface area contributed by atoms with E-state index in [1.807, 2.05) is 23.5 Å². The standard InChI is InChI=1S/C10H10N2S7/c1-2-3-4-13-7-8(14-4)18-10(17-7)9-15-5-6(16-9)12-19-11-5/h4,9-10H,2-3H2,1H3. The summed E-state index contributed by atoms with van der Waals surface area (Å²) >= 11 is 13.5. The molecule has 0 saturated carbocycles. The molecule has 0 saturated heterocycles. The first-order chi connectivity index (χ1) is 9.33. The number of nitrogens with zero attached hydrogens (tertiary/aromatic N) is 2. The van der Waals surface area contributed by atoms with E-state index in [0.29, 0.717) is 9.16 Å². The molecule has 4 rings (SSSR count). The number of thioether (sulfide) groups is 6. The van der Waals surface area contributed by atoms with Gasteiger partial charge in [0.2, 0.25) is 0 Å². The quantitative estimate of drug-likeness (QED) is 0.666. The second kappa shape index (κ2) is 5.89. The lowest BCUT2D eigenvalue weighted by molar-refractivity contribution is 0.873. The van der Waals surface area contributed by atoms with Crippen molar-refractivity contribution >= 4 is 82.3 Å². The molecular formula is C10H10N2S7. The van der Waals surface area contributed by atoms with Crippen LogP contribution in [0, 0.1) is 0 Å². The molecule has 2 nitrogen and oxygen atoms in total. The van der Waals surface area contributed by atoms with Crippen LogP contribution in [0.15, 0.2) is 18.5 Å². The second-order valence-electron chi connectivity index (χ2n) is 4.11. The zero-order valence-electron chi connectivity index (χ0n) is 9.90. The second-order valence-corrected chi connectivity index (χ2v) is 13.0. The van der Waals surface area contributed by atoms with Gasteiger partial charge < -0.3 is 0 Å². The zero-order chi connectivity index (χ0) is 12.8. The minimum Gasteiger partial charge on any atom is -0.165 e. The van der Waals surface area contributed by atoms with Crippen molar-refractivity contribution in [2.45, 2.75) is 43.6 Å². The van der Waals surface area contributed by atoms with Crippen LogP contribution in [0.2, 0.25) is 0 Å². The molecule has 19 heavy (non-hydrogen) atoms. The molecule has 0 radical (unpaired) electrons. The Balaban J connectivity index is 1.37. The fourth-order valence-corrected chi connectivity index (χ4v) is 13.6. The van der Waals surface area contributed by atoms with Crippen LogP contribution >= 0.6 is 82.3 Å². The zero-order valence-corrected chi connectivity index (χ0v) is 15.6. The van der Waals surface area contributed by atoms with Gasteiger partial charge in [0, 0.05) is 0 Å². The van der Waals surface area contributed by atoms with Crippen LogP contribution in [0.4, 0.5) is 0 Å². The van der Waals surface area contributed by atoms with Gasteiger partial charge in [-0.1, -0.05) is 36.9 Å². The van der Waals surface area contributed by atoms with E-state index in [2.05, 4.69) is 62.7 Å². The smallest absolute Gasteiger partial charge is 0.145 e. The number of aromatic nitrogens is 2. The minimum absolute atomic E-state index is 0.574. The summed E-state index contributed by atoms with van der Waals surface area (Å²) in [5.74, 6) is 0. The molecular weight excluding hydrogens is 373 g/mol. The summed E-state index contributed by atoms with van der Waals surface area (Å²) in [5.41, 5.74) is 0. The van der Waals surface area contributed by atoms with Crippen molar-refractivity contribution in [1.82, 2.24) is 8.75 Å². The maximum Gasteiger partial charge on any atom is 0.145 e. The fourth-order valence-electron chi connectivity index (χ4n) is 1.88. The predicted octanol–water partition coefficient (Wildman–Crippen LogP) is 5.60. The molecule has 0 unspecified atom stereocenters. The Morgan fingerprint density at radius 2 is 1.42 bits per heavy atom. The number of fused-ring (bicyclic) bond motifs is 1. The van der Waals surface area contributed by atoms with Gasteiger partial charge in [-0.2, -0.15) is 8.75 Å². The lowest BCUT2D eigenvalue weighted by atomic mass is 10.4. The predicted molar refractivity (Wildman–Crippen MR) is 95.3 cm³/mol. The molecule has 0 N–H and O–H groups in total. The molecule has 0 spiro atoms. The van der Waals surface area contributed by atoms with Crippen molar-refractivity contribution in [1.29, 1.82) is 0 Å². The van der Waals surface area contributed by atoms with Gasteiger partial charge in [-0.05, 0) is 6.42 Å². The van der Waals surface area contributed by atoms with Crippen LogP contribution in [-0.4, -0.2) is 22.5 Å². The highest BCUT2D eigenvalue weighted by atomic mass is 32.3. The summed E-state index contributed by atoms with van der Waals surface area (Å²) < 4.78 is 13.8. The Labute approximate surface area is 142 Å². The highest BCUT2D eigenvalue weighted by molar-refractivity contribution is 8.44. The fraction of sp³-hybridized carbons (Fsp3) is 0.600. The van der Waals surface area contributed by atoms with Gasteiger partial charge in [0.1, 0.15) is 10.1 Å². The van der Waals surface area contributed by atoms with E-state index in [1.165, 1.54) is 24.6 Å². The lowest BCUT2D eigenvalue weighted by Gasteiger charge is -2.17. The van der Waals surface area contributed by atoms with E-state index in [-0.39, 0.29) is 0 Å². The summed E-state index contributed by atoms with van der Waals surface area (Å²) in [6.45, 7) is 2.28. The minimum atomic E-state index is 0.574. The molecule has 0 aromatic carbocycles. The Bertz CT molecular complexity index is 489. The van der Waals surface area contributed by atoms with Crippen LogP contribution in [-0.2, 0) is 0 Å². The van der Waals surface area contributed by atoms with Crippen LogP contribution in [0.1, 0.15) is 19.8 Å². The third kappa shape index (κ3) is 2.73. The molecule has 9 heteroatoms. The van der Waals surface area contributed by atoms with E-state index >= 15 is 0 Å². The van der Waals surface area contributed by atoms with Crippen molar-refractivity contribution in [3.63, 3.8) is 0 Å². The first kappa shape index (κ1) is 14.0. The Morgan fingerprint density at radius 3 is 2.00 bits per heavy atom. The van der Waals surface area contributed by atoms with E-state index in [1.54, 1.807) is 8.47 Å². The summed E-state index contributed by atoms with van der Waals surface area (Å²) in [6, 6.07) is 0. The first-order valence-corrected chi connectivity index (χ1v) is 11.9. The van der Waals surface area contributed by atoms with Crippen molar-refractivity contribution < 1.29 is 0 Å². The third-order valence-electron chi connectivity index (χ3n) is 2.72. The molecule has 0 atom stereocenters. The maximum absolute atomic E-state index is 4.36. The Hall–Kier alpha value is 1.40. The van der Waals surface area contributed by atoms with Crippen molar-refractivity contribution in [2.75, 3.05) is 0 Å². The molecule has 3 aliphatic heterocycles. The molecule has 0 aliphatic carbocycles. The van der Waals surface area contributed by atoms with Gasteiger partial charge in [-0.25, -0.2) is 0 Å². The van der Waals surface area contributed by atoms with Gasteiger partial charge >= 0.3 is 0 Å². The first-order valence-electron chi connectivity index (χ1n) is 5.90. The summed E-state index contributed by atoms with van der Waals surface area (Å²) in [4.78, 5) is 0. The maximum atomic E-state index is 4.36. The van der Waals surface area contributed by atoms with Crippen molar-refractivity contribution in [3.05, 3.63) is 8.47 Å². The van der Waals surface area contributed by atoms with Crippen LogP contribution in [0.3, 0.4) is 0 Å². The number of rotatable bonds is 3. The Morgan fingerprint density at radius 1 is 0.842 bits per heavy atom. The van der Waals surface area contributed by atoms with Gasteiger partial charge in [0.05, 0.1) is 33.9 Å². The monoisotopic (exact) mass is 382 g/mol. The van der Waals surface area contributed by atoms with Crippen LogP contribution < -0.4 is 0 Å². The summed E-state index contributed by atoms with van der Waals surface area (Å²) in [6.07, 6.45) is 2.61. The number of hydrogen-bond donors (Lipinski definition) is 0. The van der Waals surface area contributed by atoms with Gasteiger partial charge in [-0.3, -0.25) is 0 Å². The summed E-state index contributed by atoms with van der Waals surface area (Å²) in [5, 5.41) is 2.30. The van der Waals surface area contributed by atoms with Crippen molar-refractivity contribution in [2.24, 2.45) is 0 Å². The number of hydrogen-bond acceptors (Lipinski definition) is 9. The highest BCUT2D eigenvalue weighted by Crippen LogP contribution is 2.67. The highest BCUT2D eigenvalue weighted by Gasteiger charge is 2.42. The molecule has 3 aliphatic rings. The average Bonchev–Trinajstić information content (AvgIpc) is 3.03. The van der Waals surface area contributed by atoms with E-state index in [9.17, 15) is 0 Å². The molecule has 0 fully saturated rings.